The Hall–Kier alpha value is -1.07. The van der Waals surface area contributed by atoms with Crippen LogP contribution in [0.3, 0.4) is 0 Å². The molecule has 2 aromatic rings. The van der Waals surface area contributed by atoms with Crippen molar-refractivity contribution >= 4 is 22.9 Å². The van der Waals surface area contributed by atoms with Crippen molar-refractivity contribution in [2.45, 2.75) is 49.9 Å². The van der Waals surface area contributed by atoms with Crippen LogP contribution in [0, 0.1) is 0 Å². The van der Waals surface area contributed by atoms with Crippen LogP contribution >= 0.6 is 11.8 Å². The van der Waals surface area contributed by atoms with Crippen molar-refractivity contribution in [2.75, 3.05) is 12.3 Å². The molecule has 1 N–H and O–H groups in total. The Morgan fingerprint density at radius 3 is 3.14 bits per heavy atom. The molecule has 2 aliphatic rings. The van der Waals surface area contributed by atoms with Crippen molar-refractivity contribution in [3.8, 4) is 0 Å². The van der Waals surface area contributed by atoms with Gasteiger partial charge < -0.3 is 9.88 Å². The lowest BCUT2D eigenvalue weighted by Gasteiger charge is -2.15. The van der Waals surface area contributed by atoms with Gasteiger partial charge in [0.2, 0.25) is 0 Å². The van der Waals surface area contributed by atoms with Crippen molar-refractivity contribution in [1.82, 2.24) is 19.9 Å². The summed E-state index contributed by atoms with van der Waals surface area (Å²) in [7, 11) is 0. The zero-order valence-corrected chi connectivity index (χ0v) is 13.1. The zero-order valence-electron chi connectivity index (χ0n) is 12.3. The van der Waals surface area contributed by atoms with Crippen LogP contribution in [-0.4, -0.2) is 38.1 Å². The predicted molar refractivity (Wildman–Crippen MR) is 87.7 cm³/mol. The topological polar surface area (TPSA) is 42.7 Å². The largest absolute Gasteiger partial charge is 0.314 e. The highest BCUT2D eigenvalue weighted by molar-refractivity contribution is 8.00. The maximum Gasteiger partial charge on any atom is 0.160 e. The van der Waals surface area contributed by atoms with E-state index in [4.69, 9.17) is 4.98 Å². The minimum absolute atomic E-state index is 0.594. The predicted octanol–water partition coefficient (Wildman–Crippen LogP) is 2.62. The molecule has 0 spiro atoms. The summed E-state index contributed by atoms with van der Waals surface area (Å²) < 4.78 is 2.39. The molecule has 0 aliphatic carbocycles. The fourth-order valence-corrected chi connectivity index (χ4v) is 4.75. The molecule has 21 heavy (non-hydrogen) atoms. The van der Waals surface area contributed by atoms with E-state index in [1.54, 1.807) is 0 Å². The smallest absolute Gasteiger partial charge is 0.160 e. The average molecular weight is 302 g/mol. The van der Waals surface area contributed by atoms with Crippen LogP contribution in [0.2, 0.25) is 0 Å². The molecule has 112 valence electrons. The van der Waals surface area contributed by atoms with Crippen molar-refractivity contribution in [3.63, 3.8) is 0 Å². The standard InChI is InChI=1S/C16H22N4S/c1-4-12(17-7-1)10-15-19-14-6-2-8-18-16(14)20(15)11-13-5-3-9-21-13/h2,6,8,12-13,17H,1,3-5,7,9-11H2. The zero-order chi connectivity index (χ0) is 14.1. The van der Waals surface area contributed by atoms with Gasteiger partial charge in [0.05, 0.1) is 0 Å². The van der Waals surface area contributed by atoms with Crippen LogP contribution < -0.4 is 5.32 Å². The third-order valence-electron chi connectivity index (χ3n) is 4.58. The molecule has 0 bridgehead atoms. The molecule has 0 radical (unpaired) electrons. The van der Waals surface area contributed by atoms with E-state index in [2.05, 4.69) is 32.7 Å². The monoisotopic (exact) mass is 302 g/mol. The first-order valence-electron chi connectivity index (χ1n) is 8.05. The van der Waals surface area contributed by atoms with Crippen molar-refractivity contribution in [2.24, 2.45) is 0 Å². The Balaban J connectivity index is 1.65. The molecule has 2 saturated heterocycles. The summed E-state index contributed by atoms with van der Waals surface area (Å²) in [5.74, 6) is 2.53. The minimum atomic E-state index is 0.594. The second kappa shape index (κ2) is 5.97. The highest BCUT2D eigenvalue weighted by Gasteiger charge is 2.23. The second-order valence-electron chi connectivity index (χ2n) is 6.12. The lowest BCUT2D eigenvalue weighted by atomic mass is 10.1. The van der Waals surface area contributed by atoms with Crippen molar-refractivity contribution < 1.29 is 0 Å². The quantitative estimate of drug-likeness (QED) is 0.943. The molecule has 0 amide bonds. The number of hydrogen-bond acceptors (Lipinski definition) is 4. The number of aromatic nitrogens is 3. The van der Waals surface area contributed by atoms with Crippen molar-refractivity contribution in [3.05, 3.63) is 24.2 Å². The summed E-state index contributed by atoms with van der Waals surface area (Å²) in [6.45, 7) is 2.22. The Labute approximate surface area is 129 Å². The summed E-state index contributed by atoms with van der Waals surface area (Å²) in [5.41, 5.74) is 2.12. The van der Waals surface area contributed by atoms with Gasteiger partial charge in [-0.25, -0.2) is 9.97 Å². The van der Waals surface area contributed by atoms with E-state index in [9.17, 15) is 0 Å². The number of hydrogen-bond donors (Lipinski definition) is 1. The molecule has 4 nitrogen and oxygen atoms in total. The summed E-state index contributed by atoms with van der Waals surface area (Å²) in [6, 6.07) is 4.67. The van der Waals surface area contributed by atoms with Gasteiger partial charge in [0.1, 0.15) is 11.3 Å². The van der Waals surface area contributed by atoms with Gasteiger partial charge in [-0.3, -0.25) is 0 Å². The van der Waals surface area contributed by atoms with Gasteiger partial charge in [-0.2, -0.15) is 11.8 Å². The van der Waals surface area contributed by atoms with Crippen LogP contribution in [0.15, 0.2) is 18.3 Å². The van der Waals surface area contributed by atoms with Crippen LogP contribution in [-0.2, 0) is 13.0 Å². The van der Waals surface area contributed by atoms with E-state index in [-0.39, 0.29) is 0 Å². The minimum Gasteiger partial charge on any atom is -0.314 e. The number of nitrogens with one attached hydrogen (secondary N) is 1. The molecule has 5 heteroatoms. The molecule has 0 saturated carbocycles. The normalized spacial score (nSPS) is 25.9. The molecule has 0 aromatic carbocycles. The molecule has 2 aromatic heterocycles. The first-order valence-corrected chi connectivity index (χ1v) is 9.10. The maximum absolute atomic E-state index is 4.87. The van der Waals surface area contributed by atoms with Gasteiger partial charge in [0.25, 0.3) is 0 Å². The Morgan fingerprint density at radius 1 is 1.33 bits per heavy atom. The molecule has 4 rings (SSSR count). The SMILES string of the molecule is c1cnc2c(c1)nc(CC1CCCN1)n2CC1CCCS1. The van der Waals surface area contributed by atoms with E-state index < -0.39 is 0 Å². The first-order chi connectivity index (χ1) is 10.4. The van der Waals surface area contributed by atoms with Gasteiger partial charge in [-0.05, 0) is 50.1 Å². The summed E-state index contributed by atoms with van der Waals surface area (Å²) >= 11 is 2.11. The Bertz CT molecular complexity index is 612. The fraction of sp³-hybridized carbons (Fsp3) is 0.625. The van der Waals surface area contributed by atoms with Gasteiger partial charge in [0, 0.05) is 30.5 Å². The number of pyridine rings is 1. The third-order valence-corrected chi connectivity index (χ3v) is 5.96. The first kappa shape index (κ1) is 13.6. The second-order valence-corrected chi connectivity index (χ2v) is 7.53. The molecule has 2 unspecified atom stereocenters. The Kier molecular flexibility index (Phi) is 3.86. The molecule has 2 fully saturated rings. The van der Waals surface area contributed by atoms with Gasteiger partial charge in [0.15, 0.2) is 5.65 Å². The highest BCUT2D eigenvalue weighted by atomic mass is 32.2. The van der Waals surface area contributed by atoms with E-state index >= 15 is 0 Å². The van der Waals surface area contributed by atoms with Crippen LogP contribution in [0.5, 0.6) is 0 Å². The van der Waals surface area contributed by atoms with E-state index in [1.807, 2.05) is 12.3 Å². The van der Waals surface area contributed by atoms with Gasteiger partial charge in [-0.15, -0.1) is 0 Å². The molecule has 2 aliphatic heterocycles. The molecular formula is C16H22N4S. The number of thioether (sulfide) groups is 1. The van der Waals surface area contributed by atoms with E-state index in [0.717, 1.165) is 35.9 Å². The number of imidazole rings is 1. The van der Waals surface area contributed by atoms with Crippen LogP contribution in [0.25, 0.3) is 11.2 Å². The summed E-state index contributed by atoms with van der Waals surface area (Å²) in [6.07, 6.45) is 8.18. The van der Waals surface area contributed by atoms with Gasteiger partial charge >= 0.3 is 0 Å². The highest BCUT2D eigenvalue weighted by Crippen LogP contribution is 2.29. The number of fused-ring (bicyclic) bond motifs is 1. The van der Waals surface area contributed by atoms with Gasteiger partial charge in [-0.1, -0.05) is 0 Å². The maximum atomic E-state index is 4.87. The lowest BCUT2D eigenvalue weighted by molar-refractivity contribution is 0.549. The molecular weight excluding hydrogens is 280 g/mol. The van der Waals surface area contributed by atoms with E-state index in [1.165, 1.54) is 37.3 Å². The summed E-state index contributed by atoms with van der Waals surface area (Å²) in [5, 5.41) is 4.33. The average Bonchev–Trinajstić information content (AvgIpc) is 3.23. The van der Waals surface area contributed by atoms with Crippen LogP contribution in [0.4, 0.5) is 0 Å². The third kappa shape index (κ3) is 2.81. The lowest BCUT2D eigenvalue weighted by Crippen LogP contribution is -2.26. The summed E-state index contributed by atoms with van der Waals surface area (Å²) in [4.78, 5) is 9.46. The molecule has 4 heterocycles. The Morgan fingerprint density at radius 2 is 2.33 bits per heavy atom. The fourth-order valence-electron chi connectivity index (χ4n) is 3.50. The number of rotatable bonds is 4. The van der Waals surface area contributed by atoms with E-state index in [0.29, 0.717) is 6.04 Å². The van der Waals surface area contributed by atoms with Crippen molar-refractivity contribution in [1.29, 1.82) is 0 Å². The molecule has 2 atom stereocenters. The number of nitrogens with zero attached hydrogens (tertiary/aromatic N) is 3. The van der Waals surface area contributed by atoms with Crippen LogP contribution in [0.1, 0.15) is 31.5 Å².